The summed E-state index contributed by atoms with van der Waals surface area (Å²) in [5, 5.41) is 2.30. The van der Waals surface area contributed by atoms with Crippen LogP contribution in [0.2, 0.25) is 0 Å². The summed E-state index contributed by atoms with van der Waals surface area (Å²) >= 11 is 4.26. The molecule has 1 heterocycles. The first-order chi connectivity index (χ1) is 7.18. The summed E-state index contributed by atoms with van der Waals surface area (Å²) in [6.45, 7) is 4.70. The highest BCUT2D eigenvalue weighted by atomic mass is 32.2. The molecule has 0 bridgehead atoms. The second-order valence-corrected chi connectivity index (χ2v) is 8.07. The van der Waals surface area contributed by atoms with Crippen LogP contribution in [0, 0.1) is 5.92 Å². The Kier molecular flexibility index (Phi) is 4.31. The fraction of sp³-hybridized carbons (Fsp3) is 1.00. The van der Waals surface area contributed by atoms with Crippen LogP contribution < -0.4 is 5.73 Å². The molecule has 2 fully saturated rings. The van der Waals surface area contributed by atoms with E-state index < -0.39 is 0 Å². The van der Waals surface area contributed by atoms with Crippen molar-refractivity contribution in [3.63, 3.8) is 0 Å². The molecule has 2 rings (SSSR count). The van der Waals surface area contributed by atoms with Crippen LogP contribution in [0.25, 0.3) is 0 Å². The molecule has 0 spiro atoms. The third-order valence-electron chi connectivity index (χ3n) is 3.95. The lowest BCUT2D eigenvalue weighted by atomic mass is 9.97. The minimum absolute atomic E-state index is 0.458. The van der Waals surface area contributed by atoms with Crippen LogP contribution in [-0.2, 0) is 0 Å². The van der Waals surface area contributed by atoms with Gasteiger partial charge in [0.1, 0.15) is 0 Å². The molecule has 4 unspecified atom stereocenters. The molecule has 0 aromatic rings. The van der Waals surface area contributed by atoms with E-state index in [2.05, 4.69) is 37.4 Å². The van der Waals surface area contributed by atoms with E-state index in [0.717, 1.165) is 16.4 Å². The zero-order valence-electron chi connectivity index (χ0n) is 9.82. The summed E-state index contributed by atoms with van der Waals surface area (Å²) in [6.07, 6.45) is 5.59. The Bertz CT molecular complexity index is 204. The van der Waals surface area contributed by atoms with E-state index >= 15 is 0 Å². The molecule has 88 valence electrons. The Morgan fingerprint density at radius 2 is 1.80 bits per heavy atom. The summed E-state index contributed by atoms with van der Waals surface area (Å²) in [7, 11) is 0. The molecule has 1 saturated carbocycles. The van der Waals surface area contributed by atoms with Crippen LogP contribution in [-0.4, -0.2) is 27.5 Å². The van der Waals surface area contributed by atoms with Crippen LogP contribution in [0.5, 0.6) is 0 Å². The maximum Gasteiger partial charge on any atom is 0.0295 e. The second-order valence-electron chi connectivity index (χ2n) is 5.04. The van der Waals surface area contributed by atoms with Crippen molar-refractivity contribution in [1.29, 1.82) is 0 Å². The van der Waals surface area contributed by atoms with Gasteiger partial charge < -0.3 is 5.73 Å². The largest absolute Gasteiger partial charge is 0.326 e. The van der Waals surface area contributed by atoms with E-state index in [0.29, 0.717) is 11.3 Å². The number of hydrogen-bond acceptors (Lipinski definition) is 3. The Balaban J connectivity index is 1.87. The molecule has 0 radical (unpaired) electrons. The monoisotopic (exact) mass is 245 g/mol. The lowest BCUT2D eigenvalue weighted by molar-refractivity contribution is 0.429. The molecular formula is C12H23NS2. The molecule has 3 heteroatoms. The van der Waals surface area contributed by atoms with E-state index in [1.54, 1.807) is 0 Å². The smallest absolute Gasteiger partial charge is 0.0295 e. The van der Waals surface area contributed by atoms with Crippen molar-refractivity contribution in [3.05, 3.63) is 0 Å². The van der Waals surface area contributed by atoms with Gasteiger partial charge in [0.05, 0.1) is 0 Å². The van der Waals surface area contributed by atoms with Gasteiger partial charge >= 0.3 is 0 Å². The molecule has 4 atom stereocenters. The quantitative estimate of drug-likeness (QED) is 0.809. The van der Waals surface area contributed by atoms with Gasteiger partial charge in [0.2, 0.25) is 0 Å². The van der Waals surface area contributed by atoms with Gasteiger partial charge in [-0.1, -0.05) is 26.7 Å². The standard InChI is InChI=1S/C12H23NS2/c1-8-9(2)15-11(7-14-8)12(13)10-5-3-4-6-10/h8-12H,3-7,13H2,1-2H3. The minimum Gasteiger partial charge on any atom is -0.326 e. The summed E-state index contributed by atoms with van der Waals surface area (Å²) in [5.74, 6) is 2.09. The molecule has 15 heavy (non-hydrogen) atoms. The molecule has 0 aromatic carbocycles. The molecule has 1 saturated heterocycles. The van der Waals surface area contributed by atoms with E-state index in [4.69, 9.17) is 5.73 Å². The van der Waals surface area contributed by atoms with Crippen LogP contribution in [0.4, 0.5) is 0 Å². The molecule has 0 amide bonds. The fourth-order valence-electron chi connectivity index (χ4n) is 2.66. The minimum atomic E-state index is 0.458. The Labute approximate surface area is 102 Å². The SMILES string of the molecule is CC1SCC(C(N)C2CCCC2)SC1C. The van der Waals surface area contributed by atoms with Crippen molar-refractivity contribution < 1.29 is 0 Å². The first kappa shape index (κ1) is 12.1. The first-order valence-electron chi connectivity index (χ1n) is 6.21. The number of hydrogen-bond donors (Lipinski definition) is 1. The van der Waals surface area contributed by atoms with Crippen molar-refractivity contribution in [1.82, 2.24) is 0 Å². The maximum absolute atomic E-state index is 6.43. The summed E-state index contributed by atoms with van der Waals surface area (Å²) < 4.78 is 0. The van der Waals surface area contributed by atoms with Crippen molar-refractivity contribution in [2.24, 2.45) is 11.7 Å². The van der Waals surface area contributed by atoms with Crippen LogP contribution in [0.15, 0.2) is 0 Å². The average molecular weight is 245 g/mol. The topological polar surface area (TPSA) is 26.0 Å². The Morgan fingerprint density at radius 3 is 2.40 bits per heavy atom. The zero-order valence-corrected chi connectivity index (χ0v) is 11.4. The van der Waals surface area contributed by atoms with E-state index in [-0.39, 0.29) is 0 Å². The van der Waals surface area contributed by atoms with Gasteiger partial charge in [0.25, 0.3) is 0 Å². The van der Waals surface area contributed by atoms with E-state index in [1.807, 2.05) is 0 Å². The van der Waals surface area contributed by atoms with E-state index in [1.165, 1.54) is 31.4 Å². The lowest BCUT2D eigenvalue weighted by Crippen LogP contribution is -2.43. The molecule has 1 aliphatic heterocycles. The molecular weight excluding hydrogens is 222 g/mol. The second kappa shape index (κ2) is 5.33. The summed E-state index contributed by atoms with van der Waals surface area (Å²) in [5.41, 5.74) is 6.43. The van der Waals surface area contributed by atoms with Gasteiger partial charge in [0, 0.05) is 27.5 Å². The van der Waals surface area contributed by atoms with Crippen LogP contribution >= 0.6 is 23.5 Å². The van der Waals surface area contributed by atoms with Gasteiger partial charge in [-0.25, -0.2) is 0 Å². The maximum atomic E-state index is 6.43. The molecule has 2 N–H and O–H groups in total. The van der Waals surface area contributed by atoms with Crippen LogP contribution in [0.1, 0.15) is 39.5 Å². The van der Waals surface area contributed by atoms with Crippen molar-refractivity contribution in [2.45, 2.75) is 61.3 Å². The Morgan fingerprint density at radius 1 is 1.13 bits per heavy atom. The van der Waals surface area contributed by atoms with Gasteiger partial charge in [-0.3, -0.25) is 0 Å². The van der Waals surface area contributed by atoms with Gasteiger partial charge in [-0.2, -0.15) is 23.5 Å². The third-order valence-corrected chi connectivity index (χ3v) is 7.48. The zero-order chi connectivity index (χ0) is 10.8. The van der Waals surface area contributed by atoms with Crippen molar-refractivity contribution >= 4 is 23.5 Å². The molecule has 2 aliphatic rings. The number of nitrogens with two attached hydrogens (primary N) is 1. The van der Waals surface area contributed by atoms with Gasteiger partial charge in [0.15, 0.2) is 0 Å². The normalized spacial score (nSPS) is 40.6. The van der Waals surface area contributed by atoms with Gasteiger partial charge in [-0.05, 0) is 18.8 Å². The fourth-order valence-corrected chi connectivity index (χ4v) is 5.80. The summed E-state index contributed by atoms with van der Waals surface area (Å²) in [6, 6.07) is 0.458. The van der Waals surface area contributed by atoms with E-state index in [9.17, 15) is 0 Å². The predicted molar refractivity (Wildman–Crippen MR) is 72.7 cm³/mol. The third kappa shape index (κ3) is 2.86. The van der Waals surface area contributed by atoms with Crippen molar-refractivity contribution in [2.75, 3.05) is 5.75 Å². The molecule has 1 nitrogen and oxygen atoms in total. The van der Waals surface area contributed by atoms with Gasteiger partial charge in [-0.15, -0.1) is 0 Å². The highest BCUT2D eigenvalue weighted by molar-refractivity contribution is 8.07. The van der Waals surface area contributed by atoms with Crippen LogP contribution in [0.3, 0.4) is 0 Å². The average Bonchev–Trinajstić information content (AvgIpc) is 2.74. The number of thioether (sulfide) groups is 2. The number of rotatable bonds is 2. The Hall–Kier alpha value is 0.660. The summed E-state index contributed by atoms with van der Waals surface area (Å²) in [4.78, 5) is 0. The lowest BCUT2D eigenvalue weighted by Gasteiger charge is -2.36. The first-order valence-corrected chi connectivity index (χ1v) is 8.20. The highest BCUT2D eigenvalue weighted by Gasteiger charge is 2.34. The highest BCUT2D eigenvalue weighted by Crippen LogP contribution is 2.40. The molecule has 0 aromatic heterocycles. The predicted octanol–water partition coefficient (Wildman–Crippen LogP) is 3.13. The molecule has 1 aliphatic carbocycles. The van der Waals surface area contributed by atoms with Crippen molar-refractivity contribution in [3.8, 4) is 0 Å².